The monoisotopic (exact) mass is 374 g/mol. The van der Waals surface area contributed by atoms with E-state index in [4.69, 9.17) is 9.47 Å². The summed E-state index contributed by atoms with van der Waals surface area (Å²) in [6, 6.07) is 0. The van der Waals surface area contributed by atoms with Crippen molar-refractivity contribution in [1.82, 2.24) is 0 Å². The van der Waals surface area contributed by atoms with Crippen LogP contribution < -0.4 is 0 Å². The van der Waals surface area contributed by atoms with Crippen molar-refractivity contribution in [3.8, 4) is 0 Å². The molecule has 154 valence electrons. The predicted molar refractivity (Wildman–Crippen MR) is 109 cm³/mol. The zero-order chi connectivity index (χ0) is 19.1. The summed E-state index contributed by atoms with van der Waals surface area (Å²) in [6.45, 7) is 14.8. The molecule has 0 radical (unpaired) electrons. The van der Waals surface area contributed by atoms with E-state index in [0.717, 1.165) is 43.8 Å². The van der Waals surface area contributed by atoms with Gasteiger partial charge in [-0.25, -0.2) is 0 Å². The van der Waals surface area contributed by atoms with Crippen LogP contribution in [0.5, 0.6) is 0 Å². The molecule has 27 heavy (non-hydrogen) atoms. The van der Waals surface area contributed by atoms with Crippen LogP contribution in [0.15, 0.2) is 0 Å². The summed E-state index contributed by atoms with van der Waals surface area (Å²) in [5.74, 6) is 2.48. The van der Waals surface area contributed by atoms with E-state index in [0.29, 0.717) is 21.7 Å². The first-order valence-corrected chi connectivity index (χ1v) is 12.0. The van der Waals surface area contributed by atoms with E-state index in [-0.39, 0.29) is 5.79 Å². The quantitative estimate of drug-likeness (QED) is 0.477. The second-order valence-corrected chi connectivity index (χ2v) is 12.2. The third kappa shape index (κ3) is 2.32. The second kappa shape index (κ2) is 5.75. The van der Waals surface area contributed by atoms with E-state index < -0.39 is 0 Å². The number of rotatable bonds is 0. The molecule has 0 unspecified atom stereocenters. The lowest BCUT2D eigenvalue weighted by atomic mass is 9.34. The zero-order valence-corrected chi connectivity index (χ0v) is 18.5. The van der Waals surface area contributed by atoms with Crippen molar-refractivity contribution in [2.75, 3.05) is 13.2 Å². The van der Waals surface area contributed by atoms with Gasteiger partial charge < -0.3 is 9.47 Å². The highest BCUT2D eigenvalue weighted by Crippen LogP contribution is 2.75. The number of hydrogen-bond acceptors (Lipinski definition) is 2. The molecule has 1 aliphatic heterocycles. The van der Waals surface area contributed by atoms with Crippen molar-refractivity contribution in [1.29, 1.82) is 0 Å². The largest absolute Gasteiger partial charge is 0.348 e. The van der Waals surface area contributed by atoms with Crippen molar-refractivity contribution in [3.63, 3.8) is 0 Å². The van der Waals surface area contributed by atoms with Crippen molar-refractivity contribution in [2.24, 2.45) is 39.4 Å². The predicted octanol–water partition coefficient (Wildman–Crippen LogP) is 6.58. The molecule has 0 amide bonds. The third-order valence-corrected chi connectivity index (χ3v) is 11.5. The Morgan fingerprint density at radius 1 is 0.704 bits per heavy atom. The summed E-state index contributed by atoms with van der Waals surface area (Å²) in [7, 11) is 0. The van der Waals surface area contributed by atoms with Gasteiger partial charge in [-0.3, -0.25) is 0 Å². The summed E-state index contributed by atoms with van der Waals surface area (Å²) in [4.78, 5) is 0. The van der Waals surface area contributed by atoms with Crippen LogP contribution in [0, 0.1) is 39.4 Å². The molecule has 1 spiro atoms. The first kappa shape index (κ1) is 18.9. The zero-order valence-electron chi connectivity index (χ0n) is 18.5. The summed E-state index contributed by atoms with van der Waals surface area (Å²) in [5.41, 5.74) is 1.94. The highest BCUT2D eigenvalue weighted by Gasteiger charge is 2.68. The fourth-order valence-corrected chi connectivity index (χ4v) is 9.45. The second-order valence-electron chi connectivity index (χ2n) is 12.2. The van der Waals surface area contributed by atoms with Gasteiger partial charge in [-0.1, -0.05) is 47.5 Å². The maximum absolute atomic E-state index is 6.20. The molecule has 4 saturated carbocycles. The molecular formula is C25H42O2. The highest BCUT2D eigenvalue weighted by atomic mass is 16.7. The lowest BCUT2D eigenvalue weighted by Crippen LogP contribution is -2.65. The molecule has 5 fully saturated rings. The Balaban J connectivity index is 1.50. The molecule has 4 aliphatic carbocycles. The number of hydrogen-bond donors (Lipinski definition) is 0. The van der Waals surface area contributed by atoms with Crippen molar-refractivity contribution < 1.29 is 9.47 Å². The van der Waals surface area contributed by atoms with E-state index in [1.54, 1.807) is 0 Å². The maximum atomic E-state index is 6.20. The van der Waals surface area contributed by atoms with E-state index in [9.17, 15) is 0 Å². The Morgan fingerprint density at radius 2 is 1.44 bits per heavy atom. The Bertz CT molecular complexity index is 609. The van der Waals surface area contributed by atoms with Gasteiger partial charge in [-0.2, -0.15) is 0 Å². The number of ether oxygens (including phenoxy) is 2. The van der Waals surface area contributed by atoms with Gasteiger partial charge in [0, 0.05) is 12.8 Å². The summed E-state index contributed by atoms with van der Waals surface area (Å²) >= 11 is 0. The van der Waals surface area contributed by atoms with Crippen LogP contribution in [0.3, 0.4) is 0 Å². The standard InChI is InChI=1S/C25H42O2/c1-18-7-6-8-19-22(18,3)10-9-20-23(19,4)12-11-21(2)17-25(26-15-16-27-25)14-13-24(20,21)5/h18-20H,6-17H2,1-5H3/t18-,19+,20-,21-,22+,23-,24+/m0/s1. The van der Waals surface area contributed by atoms with Gasteiger partial charge in [0.25, 0.3) is 0 Å². The Hall–Kier alpha value is -0.0800. The Labute approximate surface area is 167 Å². The van der Waals surface area contributed by atoms with Gasteiger partial charge in [-0.05, 0) is 77.9 Å². The molecule has 0 bridgehead atoms. The highest BCUT2D eigenvalue weighted by molar-refractivity contribution is 5.16. The van der Waals surface area contributed by atoms with Gasteiger partial charge in [0.15, 0.2) is 5.79 Å². The topological polar surface area (TPSA) is 18.5 Å². The molecule has 0 aromatic carbocycles. The molecule has 2 nitrogen and oxygen atoms in total. The van der Waals surface area contributed by atoms with Crippen LogP contribution in [-0.2, 0) is 9.47 Å². The van der Waals surface area contributed by atoms with Crippen LogP contribution in [0.2, 0.25) is 0 Å². The van der Waals surface area contributed by atoms with Gasteiger partial charge in [-0.15, -0.1) is 0 Å². The van der Waals surface area contributed by atoms with Crippen molar-refractivity contribution in [2.45, 2.75) is 105 Å². The van der Waals surface area contributed by atoms with E-state index in [2.05, 4.69) is 34.6 Å². The van der Waals surface area contributed by atoms with Crippen LogP contribution in [0.25, 0.3) is 0 Å². The lowest BCUT2D eigenvalue weighted by Gasteiger charge is -2.71. The van der Waals surface area contributed by atoms with E-state index >= 15 is 0 Å². The van der Waals surface area contributed by atoms with Crippen molar-refractivity contribution >= 4 is 0 Å². The molecule has 5 rings (SSSR count). The molecule has 0 aromatic heterocycles. The molecule has 1 saturated heterocycles. The summed E-state index contributed by atoms with van der Waals surface area (Å²) in [6.07, 6.45) is 13.6. The van der Waals surface area contributed by atoms with Gasteiger partial charge >= 0.3 is 0 Å². The number of fused-ring (bicyclic) bond motifs is 5. The minimum Gasteiger partial charge on any atom is -0.348 e. The minimum atomic E-state index is -0.246. The third-order valence-electron chi connectivity index (χ3n) is 11.5. The summed E-state index contributed by atoms with van der Waals surface area (Å²) < 4.78 is 12.4. The normalized spacial score (nSPS) is 57.0. The smallest absolute Gasteiger partial charge is 0.169 e. The molecule has 5 aliphatic rings. The van der Waals surface area contributed by atoms with Gasteiger partial charge in [0.2, 0.25) is 0 Å². The van der Waals surface area contributed by atoms with Crippen LogP contribution in [0.1, 0.15) is 98.8 Å². The van der Waals surface area contributed by atoms with Gasteiger partial charge in [0.1, 0.15) is 0 Å². The Morgan fingerprint density at radius 3 is 2.19 bits per heavy atom. The van der Waals surface area contributed by atoms with E-state index in [1.807, 2.05) is 0 Å². The fourth-order valence-electron chi connectivity index (χ4n) is 9.45. The first-order chi connectivity index (χ1) is 12.7. The average molecular weight is 375 g/mol. The van der Waals surface area contributed by atoms with Crippen LogP contribution >= 0.6 is 0 Å². The maximum Gasteiger partial charge on any atom is 0.169 e. The molecule has 1 heterocycles. The molecule has 0 aromatic rings. The summed E-state index contributed by atoms with van der Waals surface area (Å²) in [5, 5.41) is 0. The molecule has 0 N–H and O–H groups in total. The van der Waals surface area contributed by atoms with Crippen LogP contribution in [-0.4, -0.2) is 19.0 Å². The molecular weight excluding hydrogens is 332 g/mol. The molecule has 2 heteroatoms. The Kier molecular flexibility index (Phi) is 4.03. The SMILES string of the molecule is C[C@H]1CCC[C@@H]2[C@]1(C)CC[C@H]1[C@@]2(C)CC[C@@]2(C)CC3(CC[C@]12C)OCCO3. The fraction of sp³-hybridized carbons (Fsp3) is 1.00. The van der Waals surface area contributed by atoms with Crippen LogP contribution in [0.4, 0.5) is 0 Å². The minimum absolute atomic E-state index is 0.246. The van der Waals surface area contributed by atoms with E-state index in [1.165, 1.54) is 51.4 Å². The lowest BCUT2D eigenvalue weighted by molar-refractivity contribution is -0.276. The molecule has 7 atom stereocenters. The van der Waals surface area contributed by atoms with Crippen molar-refractivity contribution in [3.05, 3.63) is 0 Å². The average Bonchev–Trinajstić information content (AvgIpc) is 3.07. The van der Waals surface area contributed by atoms with Gasteiger partial charge in [0.05, 0.1) is 13.2 Å². The first-order valence-electron chi connectivity index (χ1n) is 12.0.